The van der Waals surface area contributed by atoms with Crippen LogP contribution in [0.25, 0.3) is 0 Å². The van der Waals surface area contributed by atoms with Crippen molar-refractivity contribution in [2.45, 2.75) is 6.04 Å². The summed E-state index contributed by atoms with van der Waals surface area (Å²) in [5.74, 6) is 1.35. The first-order valence-electron chi connectivity index (χ1n) is 5.17. The van der Waals surface area contributed by atoms with Crippen LogP contribution in [0.1, 0.15) is 11.6 Å². The van der Waals surface area contributed by atoms with Crippen LogP contribution < -0.4 is 14.2 Å². The normalized spacial score (nSPS) is 11.5. The highest BCUT2D eigenvalue weighted by atomic mass is 16.5. The Morgan fingerprint density at radius 1 is 1.17 bits per heavy atom. The summed E-state index contributed by atoms with van der Waals surface area (Å²) >= 11 is 0. The lowest BCUT2D eigenvalue weighted by Crippen LogP contribution is -2.02. The van der Waals surface area contributed by atoms with Crippen molar-refractivity contribution in [1.82, 2.24) is 0 Å². The molecule has 1 rings (SSSR count). The summed E-state index contributed by atoms with van der Waals surface area (Å²) in [6, 6.07) is 2.65. The van der Waals surface area contributed by atoms with Crippen LogP contribution in [-0.2, 0) is 0 Å². The van der Waals surface area contributed by atoms with Crippen molar-refractivity contribution in [3.05, 3.63) is 22.6 Å². The number of benzene rings is 1. The summed E-state index contributed by atoms with van der Waals surface area (Å²) in [7, 11) is 4.48. The summed E-state index contributed by atoms with van der Waals surface area (Å²) < 4.78 is 15.5. The van der Waals surface area contributed by atoms with Gasteiger partial charge >= 0.3 is 0 Å². The first-order valence-corrected chi connectivity index (χ1v) is 5.17. The molecule has 1 aromatic carbocycles. The van der Waals surface area contributed by atoms with Crippen LogP contribution in [0.4, 0.5) is 0 Å². The van der Waals surface area contributed by atoms with Crippen LogP contribution >= 0.6 is 0 Å². The van der Waals surface area contributed by atoms with Gasteiger partial charge in [0.2, 0.25) is 5.75 Å². The van der Waals surface area contributed by atoms with E-state index >= 15 is 0 Å². The lowest BCUT2D eigenvalue weighted by Gasteiger charge is -2.15. The SMILES string of the molecule is COc1cc(C(CN=O)N=N)cc(OC)c1OC. The molecule has 0 bridgehead atoms. The first-order chi connectivity index (χ1) is 8.71. The maximum absolute atomic E-state index is 10.3. The number of rotatable bonds is 7. The molecule has 0 fully saturated rings. The Bertz CT molecular complexity index is 411. The van der Waals surface area contributed by atoms with Gasteiger partial charge in [0.1, 0.15) is 12.6 Å². The highest BCUT2D eigenvalue weighted by Gasteiger charge is 2.18. The maximum atomic E-state index is 10.3. The molecule has 0 amide bonds. The largest absolute Gasteiger partial charge is 0.493 e. The molecule has 0 aliphatic heterocycles. The Balaban J connectivity index is 3.29. The molecule has 0 aliphatic rings. The number of hydrogen-bond donors (Lipinski definition) is 1. The minimum atomic E-state index is -0.642. The molecule has 18 heavy (non-hydrogen) atoms. The summed E-state index contributed by atoms with van der Waals surface area (Å²) in [6.07, 6.45) is 0. The third-order valence-corrected chi connectivity index (χ3v) is 2.48. The van der Waals surface area contributed by atoms with Crippen molar-refractivity contribution in [3.8, 4) is 17.2 Å². The molecule has 1 atom stereocenters. The van der Waals surface area contributed by atoms with Gasteiger partial charge in [-0.25, -0.2) is 5.53 Å². The van der Waals surface area contributed by atoms with Gasteiger partial charge in [-0.2, -0.15) is 10.0 Å². The Labute approximate surface area is 105 Å². The highest BCUT2D eigenvalue weighted by Crippen LogP contribution is 2.40. The molecule has 7 heteroatoms. The molecule has 0 saturated heterocycles. The molecule has 1 aromatic rings. The molecule has 0 aliphatic carbocycles. The van der Waals surface area contributed by atoms with Gasteiger partial charge in [0.15, 0.2) is 11.5 Å². The Morgan fingerprint density at radius 3 is 2.06 bits per heavy atom. The highest BCUT2D eigenvalue weighted by molar-refractivity contribution is 5.54. The fraction of sp³-hybridized carbons (Fsp3) is 0.455. The predicted octanol–water partition coefficient (Wildman–Crippen LogP) is 2.55. The zero-order valence-corrected chi connectivity index (χ0v) is 10.5. The molecule has 0 spiro atoms. The van der Waals surface area contributed by atoms with Gasteiger partial charge in [0.25, 0.3) is 0 Å². The van der Waals surface area contributed by atoms with Gasteiger partial charge in [-0.15, -0.1) is 0 Å². The summed E-state index contributed by atoms with van der Waals surface area (Å²) in [6.45, 7) is -0.109. The predicted molar refractivity (Wildman–Crippen MR) is 64.6 cm³/mol. The number of methoxy groups -OCH3 is 3. The van der Waals surface area contributed by atoms with Crippen molar-refractivity contribution < 1.29 is 14.2 Å². The molecule has 1 unspecified atom stereocenters. The van der Waals surface area contributed by atoms with Crippen LogP contribution in [0, 0.1) is 10.4 Å². The van der Waals surface area contributed by atoms with Gasteiger partial charge in [0, 0.05) is 0 Å². The van der Waals surface area contributed by atoms with E-state index in [1.807, 2.05) is 0 Å². The molecule has 1 N–H and O–H groups in total. The third-order valence-electron chi connectivity index (χ3n) is 2.48. The van der Waals surface area contributed by atoms with Crippen molar-refractivity contribution >= 4 is 0 Å². The quantitative estimate of drug-likeness (QED) is 0.596. The van der Waals surface area contributed by atoms with E-state index in [1.54, 1.807) is 12.1 Å². The van der Waals surface area contributed by atoms with E-state index in [0.29, 0.717) is 22.8 Å². The van der Waals surface area contributed by atoms with E-state index in [2.05, 4.69) is 10.3 Å². The van der Waals surface area contributed by atoms with E-state index in [-0.39, 0.29) is 6.54 Å². The number of nitroso groups, excluding NO2 is 1. The average Bonchev–Trinajstić information content (AvgIpc) is 2.42. The number of nitrogens with one attached hydrogen (secondary N) is 1. The zero-order chi connectivity index (χ0) is 13.5. The fourth-order valence-electron chi connectivity index (χ4n) is 1.59. The molecule has 0 saturated carbocycles. The van der Waals surface area contributed by atoms with Gasteiger partial charge in [-0.05, 0) is 17.7 Å². The fourth-order valence-corrected chi connectivity index (χ4v) is 1.59. The third kappa shape index (κ3) is 2.73. The second-order valence-electron chi connectivity index (χ2n) is 3.42. The number of hydrogen-bond acceptors (Lipinski definition) is 7. The molecular formula is C11H15N3O4. The molecule has 0 aromatic heterocycles. The molecule has 98 valence electrons. The van der Waals surface area contributed by atoms with Crippen molar-refractivity contribution in [2.75, 3.05) is 27.9 Å². The van der Waals surface area contributed by atoms with Crippen LogP contribution in [0.3, 0.4) is 0 Å². The molecule has 7 nitrogen and oxygen atoms in total. The summed E-state index contributed by atoms with van der Waals surface area (Å²) in [5.41, 5.74) is 7.68. The Hall–Kier alpha value is -2.18. The second kappa shape index (κ2) is 6.53. The van der Waals surface area contributed by atoms with Crippen molar-refractivity contribution in [2.24, 2.45) is 10.3 Å². The van der Waals surface area contributed by atoms with Gasteiger partial charge < -0.3 is 14.2 Å². The lowest BCUT2D eigenvalue weighted by molar-refractivity contribution is 0.323. The van der Waals surface area contributed by atoms with E-state index < -0.39 is 6.04 Å². The second-order valence-corrected chi connectivity index (χ2v) is 3.42. The standard InChI is InChI=1S/C11H15N3O4/c1-16-9-4-7(8(14-12)6-13-15)5-10(17-2)11(9)18-3/h4-5,8,12H,6H2,1-3H3. The van der Waals surface area contributed by atoms with Crippen LogP contribution in [0.2, 0.25) is 0 Å². The lowest BCUT2D eigenvalue weighted by atomic mass is 10.1. The number of ether oxygens (including phenoxy) is 3. The van der Waals surface area contributed by atoms with E-state index in [0.717, 1.165) is 0 Å². The topological polar surface area (TPSA) is 93.3 Å². The van der Waals surface area contributed by atoms with Crippen LogP contribution in [0.5, 0.6) is 17.2 Å². The van der Waals surface area contributed by atoms with Crippen molar-refractivity contribution in [3.63, 3.8) is 0 Å². The minimum absolute atomic E-state index is 0.109. The zero-order valence-electron chi connectivity index (χ0n) is 10.5. The monoisotopic (exact) mass is 253 g/mol. The molecule has 0 radical (unpaired) electrons. The van der Waals surface area contributed by atoms with E-state index in [9.17, 15) is 4.91 Å². The average molecular weight is 253 g/mol. The van der Waals surface area contributed by atoms with E-state index in [1.165, 1.54) is 21.3 Å². The minimum Gasteiger partial charge on any atom is -0.493 e. The summed E-state index contributed by atoms with van der Waals surface area (Å²) in [4.78, 5) is 10.3. The maximum Gasteiger partial charge on any atom is 0.203 e. The van der Waals surface area contributed by atoms with Gasteiger partial charge in [0.05, 0.1) is 21.3 Å². The first kappa shape index (κ1) is 13.9. The Kier molecular flexibility index (Phi) is 5.04. The van der Waals surface area contributed by atoms with E-state index in [4.69, 9.17) is 19.7 Å². The smallest absolute Gasteiger partial charge is 0.203 e. The van der Waals surface area contributed by atoms with Crippen LogP contribution in [-0.4, -0.2) is 27.9 Å². The van der Waals surface area contributed by atoms with Gasteiger partial charge in [-0.1, -0.05) is 5.18 Å². The van der Waals surface area contributed by atoms with Crippen molar-refractivity contribution in [1.29, 1.82) is 5.53 Å². The molecule has 0 heterocycles. The number of nitrogens with zero attached hydrogens (tertiary/aromatic N) is 2. The summed E-state index contributed by atoms with van der Waals surface area (Å²) in [5, 5.41) is 6.12. The Morgan fingerprint density at radius 2 is 1.72 bits per heavy atom. The van der Waals surface area contributed by atoms with Crippen LogP contribution in [0.15, 0.2) is 22.4 Å². The molecular weight excluding hydrogens is 238 g/mol. The van der Waals surface area contributed by atoms with Gasteiger partial charge in [-0.3, -0.25) is 0 Å².